The Labute approximate surface area is 142 Å². The van der Waals surface area contributed by atoms with E-state index in [1.807, 2.05) is 6.07 Å². The summed E-state index contributed by atoms with van der Waals surface area (Å²) in [6, 6.07) is 12.4. The van der Waals surface area contributed by atoms with Crippen LogP contribution in [0.5, 0.6) is 0 Å². The molecular weight excluding hydrogens is 368 g/mol. The highest BCUT2D eigenvalue weighted by Crippen LogP contribution is 2.23. The fourth-order valence-electron chi connectivity index (χ4n) is 1.85. The maximum atomic E-state index is 11.9. The van der Waals surface area contributed by atoms with Crippen molar-refractivity contribution in [1.82, 2.24) is 0 Å². The third-order valence-corrected chi connectivity index (χ3v) is 3.87. The maximum absolute atomic E-state index is 11.9. The summed E-state index contributed by atoms with van der Waals surface area (Å²) in [5.41, 5.74) is 2.00. The van der Waals surface area contributed by atoms with Gasteiger partial charge >= 0.3 is 0 Å². The van der Waals surface area contributed by atoms with Crippen LogP contribution in [0.25, 0.3) is 0 Å². The van der Waals surface area contributed by atoms with Crippen molar-refractivity contribution in [2.45, 2.75) is 13.3 Å². The smallest absolute Gasteiger partial charge is 0.233 e. The van der Waals surface area contributed by atoms with Crippen LogP contribution in [0.2, 0.25) is 5.02 Å². The summed E-state index contributed by atoms with van der Waals surface area (Å²) in [4.78, 5) is 23.8. The molecule has 0 saturated carbocycles. The molecule has 2 amide bonds. The Morgan fingerprint density at radius 2 is 1.77 bits per heavy atom. The van der Waals surface area contributed by atoms with Crippen LogP contribution in [0.15, 0.2) is 46.9 Å². The molecule has 6 heteroatoms. The topological polar surface area (TPSA) is 58.2 Å². The second-order valence-electron chi connectivity index (χ2n) is 4.70. The van der Waals surface area contributed by atoms with Gasteiger partial charge < -0.3 is 10.6 Å². The molecule has 2 aromatic rings. The Bertz CT molecular complexity index is 719. The molecule has 114 valence electrons. The lowest BCUT2D eigenvalue weighted by molar-refractivity contribution is -0.123. The van der Waals surface area contributed by atoms with E-state index in [2.05, 4.69) is 26.6 Å². The first-order chi connectivity index (χ1) is 10.5. The van der Waals surface area contributed by atoms with E-state index in [0.29, 0.717) is 16.4 Å². The van der Waals surface area contributed by atoms with E-state index >= 15 is 0 Å². The van der Waals surface area contributed by atoms with Crippen LogP contribution < -0.4 is 10.6 Å². The van der Waals surface area contributed by atoms with E-state index < -0.39 is 5.91 Å². The van der Waals surface area contributed by atoms with Crippen molar-refractivity contribution in [1.29, 1.82) is 0 Å². The predicted molar refractivity (Wildman–Crippen MR) is 92.2 cm³/mol. The minimum atomic E-state index is -0.391. The molecule has 0 bridgehead atoms. The van der Waals surface area contributed by atoms with Crippen molar-refractivity contribution in [3.05, 3.63) is 57.5 Å². The van der Waals surface area contributed by atoms with E-state index in [0.717, 1.165) is 10.0 Å². The summed E-state index contributed by atoms with van der Waals surface area (Å²) >= 11 is 9.31. The van der Waals surface area contributed by atoms with E-state index in [1.165, 1.54) is 0 Å². The molecule has 2 aromatic carbocycles. The van der Waals surface area contributed by atoms with Crippen LogP contribution in [-0.4, -0.2) is 11.8 Å². The Hall–Kier alpha value is -1.85. The highest BCUT2D eigenvalue weighted by molar-refractivity contribution is 9.10. The number of amides is 2. The van der Waals surface area contributed by atoms with Gasteiger partial charge in [-0.2, -0.15) is 0 Å². The van der Waals surface area contributed by atoms with Gasteiger partial charge in [-0.1, -0.05) is 39.7 Å². The molecule has 0 fully saturated rings. The number of anilines is 2. The summed E-state index contributed by atoms with van der Waals surface area (Å²) in [6.07, 6.45) is -0.265. The average molecular weight is 382 g/mol. The van der Waals surface area contributed by atoms with Crippen LogP contribution >= 0.6 is 27.5 Å². The predicted octanol–water partition coefficient (Wildman–Crippen LogP) is 4.38. The molecule has 0 aliphatic rings. The van der Waals surface area contributed by atoms with Crippen molar-refractivity contribution < 1.29 is 9.59 Å². The van der Waals surface area contributed by atoms with E-state index in [9.17, 15) is 9.59 Å². The van der Waals surface area contributed by atoms with Crippen LogP contribution in [0.3, 0.4) is 0 Å². The third kappa shape index (κ3) is 4.58. The maximum Gasteiger partial charge on any atom is 0.233 e. The first-order valence-electron chi connectivity index (χ1n) is 6.56. The molecule has 22 heavy (non-hydrogen) atoms. The zero-order valence-corrected chi connectivity index (χ0v) is 14.2. The summed E-state index contributed by atoms with van der Waals surface area (Å²) in [6.45, 7) is 1.81. The van der Waals surface area contributed by atoms with Crippen LogP contribution in [0.4, 0.5) is 11.4 Å². The van der Waals surface area contributed by atoms with Crippen molar-refractivity contribution in [3.8, 4) is 0 Å². The molecule has 0 aromatic heterocycles. The lowest BCUT2D eigenvalue weighted by atomic mass is 10.2. The summed E-state index contributed by atoms with van der Waals surface area (Å²) in [5.74, 6) is -0.770. The fraction of sp³-hybridized carbons (Fsp3) is 0.125. The van der Waals surface area contributed by atoms with Gasteiger partial charge in [0.2, 0.25) is 11.8 Å². The number of carbonyl (C=O) groups is 2. The molecule has 2 rings (SSSR count). The molecule has 0 aliphatic carbocycles. The second-order valence-corrected chi connectivity index (χ2v) is 6.02. The number of carbonyl (C=O) groups excluding carboxylic acids is 2. The van der Waals surface area contributed by atoms with Gasteiger partial charge in [0, 0.05) is 20.9 Å². The van der Waals surface area contributed by atoms with E-state index in [1.54, 1.807) is 43.3 Å². The SMILES string of the molecule is Cc1c(Cl)cccc1NC(=O)CC(=O)Nc1cccc(Br)c1. The van der Waals surface area contributed by atoms with Gasteiger partial charge in [-0.25, -0.2) is 0 Å². The lowest BCUT2D eigenvalue weighted by Crippen LogP contribution is -2.21. The Kier molecular flexibility index (Phi) is 5.57. The quantitative estimate of drug-likeness (QED) is 0.772. The monoisotopic (exact) mass is 380 g/mol. The van der Waals surface area contributed by atoms with Crippen molar-refractivity contribution >= 4 is 50.7 Å². The molecule has 0 unspecified atom stereocenters. The molecular formula is C16H14BrClN2O2. The highest BCUT2D eigenvalue weighted by atomic mass is 79.9. The summed E-state index contributed by atoms with van der Waals surface area (Å²) < 4.78 is 0.851. The van der Waals surface area contributed by atoms with Crippen molar-refractivity contribution in [3.63, 3.8) is 0 Å². The number of halogens is 2. The third-order valence-electron chi connectivity index (χ3n) is 2.97. The van der Waals surface area contributed by atoms with Crippen LogP contribution in [-0.2, 0) is 9.59 Å². The van der Waals surface area contributed by atoms with Gasteiger partial charge in [0.15, 0.2) is 0 Å². The van der Waals surface area contributed by atoms with Gasteiger partial charge in [-0.15, -0.1) is 0 Å². The Morgan fingerprint density at radius 1 is 1.09 bits per heavy atom. The Balaban J connectivity index is 1.94. The fourth-order valence-corrected chi connectivity index (χ4v) is 2.43. The van der Waals surface area contributed by atoms with Crippen LogP contribution in [0.1, 0.15) is 12.0 Å². The lowest BCUT2D eigenvalue weighted by Gasteiger charge is -2.10. The zero-order chi connectivity index (χ0) is 16.1. The minimum absolute atomic E-state index is 0.265. The van der Waals surface area contributed by atoms with Gasteiger partial charge in [0.25, 0.3) is 0 Å². The normalized spacial score (nSPS) is 10.1. The number of hydrogen-bond acceptors (Lipinski definition) is 2. The van der Waals surface area contributed by atoms with Crippen molar-refractivity contribution in [2.75, 3.05) is 10.6 Å². The number of nitrogens with one attached hydrogen (secondary N) is 2. The van der Waals surface area contributed by atoms with E-state index in [4.69, 9.17) is 11.6 Å². The van der Waals surface area contributed by atoms with Crippen LogP contribution in [0, 0.1) is 6.92 Å². The molecule has 4 nitrogen and oxygen atoms in total. The van der Waals surface area contributed by atoms with Crippen molar-refractivity contribution in [2.24, 2.45) is 0 Å². The first-order valence-corrected chi connectivity index (χ1v) is 7.73. The first kappa shape index (κ1) is 16.5. The molecule has 0 radical (unpaired) electrons. The highest BCUT2D eigenvalue weighted by Gasteiger charge is 2.12. The number of rotatable bonds is 4. The molecule has 0 heterocycles. The largest absolute Gasteiger partial charge is 0.326 e. The molecule has 0 aliphatic heterocycles. The Morgan fingerprint density at radius 3 is 2.50 bits per heavy atom. The van der Waals surface area contributed by atoms with Gasteiger partial charge in [0.1, 0.15) is 6.42 Å². The second kappa shape index (κ2) is 7.42. The minimum Gasteiger partial charge on any atom is -0.326 e. The summed E-state index contributed by atoms with van der Waals surface area (Å²) in [5, 5.41) is 5.92. The standard InChI is InChI=1S/C16H14BrClN2O2/c1-10-13(18)6-3-7-14(10)20-16(22)9-15(21)19-12-5-2-4-11(17)8-12/h2-8H,9H2,1H3,(H,19,21)(H,20,22). The summed E-state index contributed by atoms with van der Waals surface area (Å²) in [7, 11) is 0. The zero-order valence-electron chi connectivity index (χ0n) is 11.8. The molecule has 2 N–H and O–H groups in total. The molecule has 0 spiro atoms. The molecule has 0 atom stereocenters. The number of hydrogen-bond donors (Lipinski definition) is 2. The van der Waals surface area contributed by atoms with Gasteiger partial charge in [-0.3, -0.25) is 9.59 Å². The average Bonchev–Trinajstić information content (AvgIpc) is 2.43. The van der Waals surface area contributed by atoms with Gasteiger partial charge in [-0.05, 0) is 42.8 Å². The number of benzene rings is 2. The molecule has 0 saturated heterocycles. The van der Waals surface area contributed by atoms with E-state index in [-0.39, 0.29) is 12.3 Å². The van der Waals surface area contributed by atoms with Gasteiger partial charge in [0.05, 0.1) is 0 Å².